The Morgan fingerprint density at radius 2 is 1.36 bits per heavy atom. The lowest BCUT2D eigenvalue weighted by molar-refractivity contribution is 0.483. The first kappa shape index (κ1) is 17.3. The summed E-state index contributed by atoms with van der Waals surface area (Å²) in [6.45, 7) is 0. The summed E-state index contributed by atoms with van der Waals surface area (Å²) in [6.07, 6.45) is 1.70. The molecule has 2 aromatic carbocycles. The average Bonchev–Trinajstić information content (AvgIpc) is 2.71. The van der Waals surface area contributed by atoms with Crippen LogP contribution in [0.2, 0.25) is 0 Å². The summed E-state index contributed by atoms with van der Waals surface area (Å²) in [4.78, 5) is 12.6. The van der Waals surface area contributed by atoms with Crippen LogP contribution in [0.1, 0.15) is 0 Å². The van der Waals surface area contributed by atoms with E-state index in [0.29, 0.717) is 17.5 Å². The number of hydrogen-bond acceptors (Lipinski definition) is 7. The van der Waals surface area contributed by atoms with Crippen molar-refractivity contribution in [3.63, 3.8) is 0 Å². The standard InChI is InChI=1S/C21H18N6O/c22-21-26-19(14-20(27-21)25-18-8-4-5-13-23-18)24-15-9-11-17(12-10-15)28-16-6-2-1-3-7-16/h1-14H,(H4,22,23,24,25,26,27). The number of para-hydroxylation sites is 1. The van der Waals surface area contributed by atoms with Crippen molar-refractivity contribution < 1.29 is 4.74 Å². The van der Waals surface area contributed by atoms with E-state index in [1.54, 1.807) is 12.3 Å². The molecule has 0 atom stereocenters. The Balaban J connectivity index is 1.46. The van der Waals surface area contributed by atoms with Crippen LogP contribution in [-0.4, -0.2) is 15.0 Å². The number of benzene rings is 2. The summed E-state index contributed by atoms with van der Waals surface area (Å²) in [5, 5.41) is 6.32. The molecule has 0 aliphatic rings. The molecule has 2 aromatic heterocycles. The minimum atomic E-state index is 0.160. The highest BCUT2D eigenvalue weighted by Crippen LogP contribution is 2.25. The molecule has 7 heteroatoms. The molecule has 0 spiro atoms. The maximum atomic E-state index is 5.83. The summed E-state index contributed by atoms with van der Waals surface area (Å²) in [7, 11) is 0. The van der Waals surface area contributed by atoms with Crippen molar-refractivity contribution in [2.75, 3.05) is 16.4 Å². The first-order chi connectivity index (χ1) is 13.7. The molecule has 0 radical (unpaired) electrons. The fraction of sp³-hybridized carbons (Fsp3) is 0. The largest absolute Gasteiger partial charge is 0.457 e. The fourth-order valence-electron chi connectivity index (χ4n) is 2.54. The lowest BCUT2D eigenvalue weighted by atomic mass is 10.3. The van der Waals surface area contributed by atoms with Crippen LogP contribution in [0.3, 0.4) is 0 Å². The summed E-state index contributed by atoms with van der Waals surface area (Å²) in [5.41, 5.74) is 6.68. The maximum absolute atomic E-state index is 5.83. The van der Waals surface area contributed by atoms with E-state index in [-0.39, 0.29) is 5.95 Å². The van der Waals surface area contributed by atoms with Crippen molar-refractivity contribution >= 4 is 29.1 Å². The molecule has 0 saturated heterocycles. The molecule has 7 nitrogen and oxygen atoms in total. The van der Waals surface area contributed by atoms with Crippen molar-refractivity contribution in [2.24, 2.45) is 0 Å². The van der Waals surface area contributed by atoms with Gasteiger partial charge in [0.25, 0.3) is 0 Å². The van der Waals surface area contributed by atoms with Gasteiger partial charge in [0.2, 0.25) is 5.95 Å². The summed E-state index contributed by atoms with van der Waals surface area (Å²) in [5.74, 6) is 3.50. The van der Waals surface area contributed by atoms with Gasteiger partial charge in [0.1, 0.15) is 29.0 Å². The summed E-state index contributed by atoms with van der Waals surface area (Å²) >= 11 is 0. The van der Waals surface area contributed by atoms with Gasteiger partial charge in [0.05, 0.1) is 0 Å². The van der Waals surface area contributed by atoms with Crippen LogP contribution in [0.25, 0.3) is 0 Å². The molecule has 0 aliphatic carbocycles. The Hall–Kier alpha value is -4.13. The second-order valence-electron chi connectivity index (χ2n) is 5.90. The molecule has 0 aliphatic heterocycles. The van der Waals surface area contributed by atoms with Gasteiger partial charge in [-0.15, -0.1) is 0 Å². The van der Waals surface area contributed by atoms with Crippen molar-refractivity contribution in [1.82, 2.24) is 15.0 Å². The van der Waals surface area contributed by atoms with Gasteiger partial charge < -0.3 is 21.1 Å². The zero-order valence-electron chi connectivity index (χ0n) is 14.9. The van der Waals surface area contributed by atoms with Gasteiger partial charge >= 0.3 is 0 Å². The van der Waals surface area contributed by atoms with E-state index in [9.17, 15) is 0 Å². The normalized spacial score (nSPS) is 10.3. The highest BCUT2D eigenvalue weighted by molar-refractivity contribution is 5.63. The van der Waals surface area contributed by atoms with Crippen molar-refractivity contribution in [2.45, 2.75) is 0 Å². The van der Waals surface area contributed by atoms with Gasteiger partial charge in [-0.05, 0) is 48.5 Å². The van der Waals surface area contributed by atoms with E-state index in [1.165, 1.54) is 0 Å². The molecule has 0 unspecified atom stereocenters. The highest BCUT2D eigenvalue weighted by atomic mass is 16.5. The fourth-order valence-corrected chi connectivity index (χ4v) is 2.54. The molecular weight excluding hydrogens is 352 g/mol. The minimum absolute atomic E-state index is 0.160. The Kier molecular flexibility index (Phi) is 4.97. The smallest absolute Gasteiger partial charge is 0.223 e. The molecule has 4 aromatic rings. The van der Waals surface area contributed by atoms with E-state index in [0.717, 1.165) is 17.2 Å². The number of nitrogens with two attached hydrogens (primary N) is 1. The van der Waals surface area contributed by atoms with Gasteiger partial charge in [-0.3, -0.25) is 0 Å². The zero-order valence-corrected chi connectivity index (χ0v) is 14.9. The minimum Gasteiger partial charge on any atom is -0.457 e. The Labute approximate surface area is 162 Å². The summed E-state index contributed by atoms with van der Waals surface area (Å²) < 4.78 is 5.80. The zero-order chi connectivity index (χ0) is 19.2. The second-order valence-corrected chi connectivity index (χ2v) is 5.90. The van der Waals surface area contributed by atoms with Crippen molar-refractivity contribution in [1.29, 1.82) is 0 Å². The second kappa shape index (κ2) is 8.05. The van der Waals surface area contributed by atoms with Crippen LogP contribution in [0.15, 0.2) is 85.1 Å². The Morgan fingerprint density at radius 1 is 0.679 bits per heavy atom. The third kappa shape index (κ3) is 4.53. The number of aromatic nitrogens is 3. The van der Waals surface area contributed by atoms with E-state index in [2.05, 4.69) is 25.6 Å². The van der Waals surface area contributed by atoms with Crippen molar-refractivity contribution in [3.05, 3.63) is 85.1 Å². The van der Waals surface area contributed by atoms with Gasteiger partial charge in [0.15, 0.2) is 0 Å². The van der Waals surface area contributed by atoms with Crippen molar-refractivity contribution in [3.8, 4) is 11.5 Å². The third-order valence-corrected chi connectivity index (χ3v) is 3.77. The first-order valence-corrected chi connectivity index (χ1v) is 8.67. The number of nitrogens with one attached hydrogen (secondary N) is 2. The average molecular weight is 370 g/mol. The van der Waals surface area contributed by atoms with Crippen LogP contribution in [-0.2, 0) is 0 Å². The molecule has 138 valence electrons. The molecule has 0 saturated carbocycles. The predicted octanol–water partition coefficient (Wildman–Crippen LogP) is 4.73. The predicted molar refractivity (Wildman–Crippen MR) is 110 cm³/mol. The van der Waals surface area contributed by atoms with Crippen LogP contribution in [0.4, 0.5) is 29.1 Å². The molecule has 0 amide bonds. The van der Waals surface area contributed by atoms with E-state index in [4.69, 9.17) is 10.5 Å². The topological polar surface area (TPSA) is 98.0 Å². The molecule has 4 N–H and O–H groups in total. The number of nitrogens with zero attached hydrogens (tertiary/aromatic N) is 3. The number of rotatable bonds is 6. The quantitative estimate of drug-likeness (QED) is 0.451. The molecule has 2 heterocycles. The first-order valence-electron chi connectivity index (χ1n) is 8.67. The van der Waals surface area contributed by atoms with Gasteiger partial charge in [-0.25, -0.2) is 4.98 Å². The lowest BCUT2D eigenvalue weighted by Crippen LogP contribution is -2.04. The SMILES string of the molecule is Nc1nc(Nc2ccc(Oc3ccccc3)cc2)cc(Nc2ccccn2)n1. The van der Waals surface area contributed by atoms with E-state index < -0.39 is 0 Å². The van der Waals surface area contributed by atoms with Gasteiger partial charge in [-0.1, -0.05) is 24.3 Å². The van der Waals surface area contributed by atoms with Gasteiger partial charge in [0, 0.05) is 18.0 Å². The van der Waals surface area contributed by atoms with Crippen LogP contribution < -0.4 is 21.1 Å². The molecular formula is C21H18N6O. The van der Waals surface area contributed by atoms with E-state index in [1.807, 2.05) is 72.8 Å². The Bertz CT molecular complexity index is 1040. The number of hydrogen-bond donors (Lipinski definition) is 3. The molecule has 28 heavy (non-hydrogen) atoms. The molecule has 0 bridgehead atoms. The van der Waals surface area contributed by atoms with Gasteiger partial charge in [-0.2, -0.15) is 9.97 Å². The summed E-state index contributed by atoms with van der Waals surface area (Å²) in [6, 6.07) is 24.5. The third-order valence-electron chi connectivity index (χ3n) is 3.77. The monoisotopic (exact) mass is 370 g/mol. The number of anilines is 5. The van der Waals surface area contributed by atoms with E-state index >= 15 is 0 Å². The molecule has 4 rings (SSSR count). The number of pyridine rings is 1. The maximum Gasteiger partial charge on any atom is 0.223 e. The highest BCUT2D eigenvalue weighted by Gasteiger charge is 2.05. The number of nitrogen functional groups attached to an aromatic ring is 1. The number of ether oxygens (including phenoxy) is 1. The van der Waals surface area contributed by atoms with Crippen LogP contribution in [0, 0.1) is 0 Å². The molecule has 0 fully saturated rings. The van der Waals surface area contributed by atoms with Crippen LogP contribution in [0.5, 0.6) is 11.5 Å². The van der Waals surface area contributed by atoms with Crippen LogP contribution >= 0.6 is 0 Å². The Morgan fingerprint density at radius 3 is 2.07 bits per heavy atom. The lowest BCUT2D eigenvalue weighted by Gasteiger charge is -2.10.